The summed E-state index contributed by atoms with van der Waals surface area (Å²) in [5.41, 5.74) is 6.91. The fourth-order valence-electron chi connectivity index (χ4n) is 1.26. The minimum Gasteiger partial charge on any atom is -0.326 e. The zero-order valence-corrected chi connectivity index (χ0v) is 9.58. The van der Waals surface area contributed by atoms with E-state index in [0.29, 0.717) is 12.2 Å². The second-order valence-corrected chi connectivity index (χ2v) is 4.92. The third-order valence-electron chi connectivity index (χ3n) is 2.17. The normalized spacial score (nSPS) is 11.4. The molecule has 5 nitrogen and oxygen atoms in total. The van der Waals surface area contributed by atoms with Crippen LogP contribution in [0.3, 0.4) is 0 Å². The summed E-state index contributed by atoms with van der Waals surface area (Å²) < 4.78 is 26.5. The molecule has 15 heavy (non-hydrogen) atoms. The number of hydrogen-bond acceptors (Lipinski definition) is 3. The summed E-state index contributed by atoms with van der Waals surface area (Å²) in [6, 6.07) is 7.12. The monoisotopic (exact) mass is 229 g/mol. The number of nitrogens with one attached hydrogen (secondary N) is 1. The number of anilines is 1. The van der Waals surface area contributed by atoms with Crippen LogP contribution >= 0.6 is 0 Å². The molecule has 0 aliphatic heterocycles. The fourth-order valence-corrected chi connectivity index (χ4v) is 1.97. The Labute approximate surface area is 90.1 Å². The predicted molar refractivity (Wildman–Crippen MR) is 60.7 cm³/mol. The Bertz CT molecular complexity index is 431. The van der Waals surface area contributed by atoms with Crippen molar-refractivity contribution in [1.82, 2.24) is 4.72 Å². The number of hydrogen-bond donors (Lipinski definition) is 2. The van der Waals surface area contributed by atoms with Gasteiger partial charge in [0.15, 0.2) is 0 Å². The molecule has 0 amide bonds. The van der Waals surface area contributed by atoms with Crippen molar-refractivity contribution in [3.63, 3.8) is 0 Å². The van der Waals surface area contributed by atoms with Crippen molar-refractivity contribution >= 4 is 15.9 Å². The lowest BCUT2D eigenvalue weighted by molar-refractivity contribution is 0.586. The van der Waals surface area contributed by atoms with E-state index in [9.17, 15) is 8.42 Å². The highest BCUT2D eigenvalue weighted by molar-refractivity contribution is 7.90. The van der Waals surface area contributed by atoms with Crippen LogP contribution in [0.25, 0.3) is 0 Å². The fraction of sp³-hybridized carbons (Fsp3) is 0.333. The number of nitrogens with two attached hydrogens (primary N) is 1. The predicted octanol–water partition coefficient (Wildman–Crippen LogP) is 0.0457. The van der Waals surface area contributed by atoms with Gasteiger partial charge in [0.2, 0.25) is 0 Å². The van der Waals surface area contributed by atoms with E-state index in [1.54, 1.807) is 18.2 Å². The topological polar surface area (TPSA) is 75.4 Å². The molecule has 6 heteroatoms. The maximum atomic E-state index is 11.5. The van der Waals surface area contributed by atoms with Crippen LogP contribution in [0.2, 0.25) is 0 Å². The molecule has 0 aliphatic carbocycles. The van der Waals surface area contributed by atoms with Gasteiger partial charge < -0.3 is 5.73 Å². The van der Waals surface area contributed by atoms with Crippen molar-refractivity contribution < 1.29 is 8.42 Å². The molecular formula is C9H15N3O2S. The molecule has 0 radical (unpaired) electrons. The minimum absolute atomic E-state index is 0.305. The molecule has 0 atom stereocenters. The number of nitrogens with zero attached hydrogens (tertiary/aromatic N) is 1. The van der Waals surface area contributed by atoms with Crippen molar-refractivity contribution in [2.24, 2.45) is 5.73 Å². The van der Waals surface area contributed by atoms with Gasteiger partial charge in [-0.15, -0.1) is 0 Å². The summed E-state index contributed by atoms with van der Waals surface area (Å²) >= 11 is 0. The third-order valence-corrected chi connectivity index (χ3v) is 3.60. The van der Waals surface area contributed by atoms with Crippen LogP contribution < -0.4 is 14.8 Å². The van der Waals surface area contributed by atoms with Gasteiger partial charge in [-0.2, -0.15) is 8.42 Å². The zero-order chi connectivity index (χ0) is 11.5. The standard InChI is InChI=1S/C9H15N3O2S/c1-11-15(13,14)12(2)9-6-4-3-5-8(9)7-10/h3-6,11H,7,10H2,1-2H3. The number of rotatable bonds is 4. The van der Waals surface area contributed by atoms with Crippen molar-refractivity contribution in [2.45, 2.75) is 6.54 Å². The molecule has 1 aromatic carbocycles. The first-order chi connectivity index (χ1) is 7.03. The molecule has 0 spiro atoms. The summed E-state index contributed by atoms with van der Waals surface area (Å²) in [6.45, 7) is 0.305. The molecule has 0 aromatic heterocycles. The van der Waals surface area contributed by atoms with Crippen LogP contribution in [-0.4, -0.2) is 22.5 Å². The smallest absolute Gasteiger partial charge is 0.301 e. The zero-order valence-electron chi connectivity index (χ0n) is 8.77. The van der Waals surface area contributed by atoms with E-state index in [2.05, 4.69) is 4.72 Å². The summed E-state index contributed by atoms with van der Waals surface area (Å²) in [7, 11) is -0.598. The molecule has 0 aliphatic rings. The molecule has 0 bridgehead atoms. The number of para-hydroxylation sites is 1. The van der Waals surface area contributed by atoms with Crippen molar-refractivity contribution in [3.05, 3.63) is 29.8 Å². The third kappa shape index (κ3) is 2.47. The molecule has 0 saturated carbocycles. The van der Waals surface area contributed by atoms with Crippen LogP contribution in [0.15, 0.2) is 24.3 Å². The second kappa shape index (κ2) is 4.61. The molecule has 1 rings (SSSR count). The highest BCUT2D eigenvalue weighted by atomic mass is 32.2. The molecule has 3 N–H and O–H groups in total. The van der Waals surface area contributed by atoms with Crippen LogP contribution in [0.5, 0.6) is 0 Å². The van der Waals surface area contributed by atoms with E-state index >= 15 is 0 Å². The Morgan fingerprint density at radius 1 is 1.40 bits per heavy atom. The van der Waals surface area contributed by atoms with Gasteiger partial charge in [0.1, 0.15) is 0 Å². The van der Waals surface area contributed by atoms with Crippen LogP contribution in [0, 0.1) is 0 Å². The van der Waals surface area contributed by atoms with E-state index in [0.717, 1.165) is 5.56 Å². The lowest BCUT2D eigenvalue weighted by Gasteiger charge is -2.20. The second-order valence-electron chi connectivity index (χ2n) is 3.01. The molecule has 0 fully saturated rings. The van der Waals surface area contributed by atoms with E-state index in [4.69, 9.17) is 5.73 Å². The van der Waals surface area contributed by atoms with Gasteiger partial charge in [-0.1, -0.05) is 18.2 Å². The van der Waals surface area contributed by atoms with E-state index in [1.807, 2.05) is 6.07 Å². The first-order valence-corrected chi connectivity index (χ1v) is 5.92. The van der Waals surface area contributed by atoms with Gasteiger partial charge in [-0.3, -0.25) is 4.31 Å². The van der Waals surface area contributed by atoms with Crippen molar-refractivity contribution in [2.75, 3.05) is 18.4 Å². The molecule has 0 saturated heterocycles. The maximum Gasteiger partial charge on any atom is 0.301 e. The van der Waals surface area contributed by atoms with E-state index < -0.39 is 10.2 Å². The first kappa shape index (κ1) is 12.0. The molecule has 0 heterocycles. The highest BCUT2D eigenvalue weighted by Crippen LogP contribution is 2.20. The molecule has 84 valence electrons. The van der Waals surface area contributed by atoms with Crippen LogP contribution in [0.1, 0.15) is 5.56 Å². The Hall–Kier alpha value is -1.11. The lowest BCUT2D eigenvalue weighted by atomic mass is 10.2. The Morgan fingerprint density at radius 2 is 2.00 bits per heavy atom. The first-order valence-electron chi connectivity index (χ1n) is 4.48. The highest BCUT2D eigenvalue weighted by Gasteiger charge is 2.17. The Morgan fingerprint density at radius 3 is 2.53 bits per heavy atom. The largest absolute Gasteiger partial charge is 0.326 e. The average molecular weight is 229 g/mol. The summed E-state index contributed by atoms with van der Waals surface area (Å²) in [6.07, 6.45) is 0. The molecule has 0 unspecified atom stereocenters. The maximum absolute atomic E-state index is 11.5. The van der Waals surface area contributed by atoms with Gasteiger partial charge in [-0.25, -0.2) is 4.72 Å². The lowest BCUT2D eigenvalue weighted by Crippen LogP contribution is -2.36. The minimum atomic E-state index is -3.46. The Kier molecular flexibility index (Phi) is 3.67. The van der Waals surface area contributed by atoms with Crippen LogP contribution in [0.4, 0.5) is 5.69 Å². The van der Waals surface area contributed by atoms with E-state index in [1.165, 1.54) is 18.4 Å². The van der Waals surface area contributed by atoms with Crippen molar-refractivity contribution in [1.29, 1.82) is 0 Å². The SMILES string of the molecule is CNS(=O)(=O)N(C)c1ccccc1CN. The van der Waals surface area contributed by atoms with Gasteiger partial charge in [0.25, 0.3) is 0 Å². The van der Waals surface area contributed by atoms with Crippen molar-refractivity contribution in [3.8, 4) is 0 Å². The summed E-state index contributed by atoms with van der Waals surface area (Å²) in [5, 5.41) is 0. The molecule has 1 aromatic rings. The summed E-state index contributed by atoms with van der Waals surface area (Å²) in [4.78, 5) is 0. The average Bonchev–Trinajstić information content (AvgIpc) is 2.28. The van der Waals surface area contributed by atoms with Gasteiger partial charge >= 0.3 is 10.2 Å². The Balaban J connectivity index is 3.17. The quantitative estimate of drug-likeness (QED) is 0.765. The van der Waals surface area contributed by atoms with E-state index in [-0.39, 0.29) is 0 Å². The summed E-state index contributed by atoms with van der Waals surface area (Å²) in [5.74, 6) is 0. The van der Waals surface area contributed by atoms with Crippen LogP contribution in [-0.2, 0) is 16.8 Å². The van der Waals surface area contributed by atoms with Gasteiger partial charge in [0.05, 0.1) is 5.69 Å². The van der Waals surface area contributed by atoms with Gasteiger partial charge in [0, 0.05) is 20.6 Å². The van der Waals surface area contributed by atoms with Gasteiger partial charge in [-0.05, 0) is 11.6 Å². The molecular weight excluding hydrogens is 214 g/mol. The number of benzene rings is 1.